The van der Waals surface area contributed by atoms with Crippen molar-refractivity contribution in [1.29, 1.82) is 0 Å². The third-order valence-corrected chi connectivity index (χ3v) is 4.12. The van der Waals surface area contributed by atoms with Crippen molar-refractivity contribution in [2.24, 2.45) is 11.7 Å². The van der Waals surface area contributed by atoms with E-state index in [4.69, 9.17) is 5.73 Å². The zero-order valence-corrected chi connectivity index (χ0v) is 13.9. The van der Waals surface area contributed by atoms with Crippen molar-refractivity contribution in [3.63, 3.8) is 0 Å². The molecule has 2 rings (SSSR count). The maximum absolute atomic E-state index is 12.4. The number of rotatable bonds is 5. The second-order valence-electron chi connectivity index (χ2n) is 6.40. The number of piperidine rings is 1. The molecule has 2 heterocycles. The molecule has 3 N–H and O–H groups in total. The van der Waals surface area contributed by atoms with E-state index in [2.05, 4.69) is 10.3 Å². The molecule has 2 atom stereocenters. The molecule has 0 spiro atoms. The predicted octanol–water partition coefficient (Wildman–Crippen LogP) is 1.69. The Balaban J connectivity index is 1.88. The van der Waals surface area contributed by atoms with Crippen LogP contribution in [0.1, 0.15) is 38.2 Å². The topological polar surface area (TPSA) is 88.3 Å². The number of carbonyl (C=O) groups is 2. The molecule has 1 saturated heterocycles. The van der Waals surface area contributed by atoms with Crippen molar-refractivity contribution in [2.45, 2.75) is 45.6 Å². The highest BCUT2D eigenvalue weighted by Gasteiger charge is 2.28. The Hall–Kier alpha value is -1.95. The summed E-state index contributed by atoms with van der Waals surface area (Å²) in [7, 11) is 0. The lowest BCUT2D eigenvalue weighted by Gasteiger charge is -2.32. The Labute approximate surface area is 137 Å². The summed E-state index contributed by atoms with van der Waals surface area (Å²) in [4.78, 5) is 30.6. The van der Waals surface area contributed by atoms with Gasteiger partial charge in [-0.1, -0.05) is 6.07 Å². The van der Waals surface area contributed by atoms with Gasteiger partial charge in [0.2, 0.25) is 11.8 Å². The van der Waals surface area contributed by atoms with Crippen LogP contribution in [0.3, 0.4) is 0 Å². The minimum absolute atomic E-state index is 0.0236. The average Bonchev–Trinajstić information content (AvgIpc) is 2.54. The van der Waals surface area contributed by atoms with Gasteiger partial charge in [-0.25, -0.2) is 4.98 Å². The molecule has 1 aromatic heterocycles. The van der Waals surface area contributed by atoms with Gasteiger partial charge in [-0.2, -0.15) is 0 Å². The van der Waals surface area contributed by atoms with Crippen molar-refractivity contribution >= 4 is 17.6 Å². The quantitative estimate of drug-likeness (QED) is 0.865. The van der Waals surface area contributed by atoms with Gasteiger partial charge in [-0.15, -0.1) is 0 Å². The molecule has 1 aliphatic rings. The van der Waals surface area contributed by atoms with Gasteiger partial charge in [0, 0.05) is 31.7 Å². The predicted molar refractivity (Wildman–Crippen MR) is 89.8 cm³/mol. The molecule has 0 radical (unpaired) electrons. The number of anilines is 1. The number of nitrogens with zero attached hydrogens (tertiary/aromatic N) is 2. The number of amides is 2. The van der Waals surface area contributed by atoms with Crippen molar-refractivity contribution in [3.8, 4) is 0 Å². The van der Waals surface area contributed by atoms with Crippen molar-refractivity contribution in [1.82, 2.24) is 9.88 Å². The number of aryl methyl sites for hydroxylation is 1. The third-order valence-electron chi connectivity index (χ3n) is 4.12. The smallest absolute Gasteiger partial charge is 0.230 e. The fourth-order valence-corrected chi connectivity index (χ4v) is 2.70. The number of likely N-dealkylation sites (tertiary alicyclic amines) is 1. The minimum atomic E-state index is -0.175. The summed E-state index contributed by atoms with van der Waals surface area (Å²) in [6.07, 6.45) is 4.50. The van der Waals surface area contributed by atoms with Gasteiger partial charge >= 0.3 is 0 Å². The minimum Gasteiger partial charge on any atom is -0.342 e. The van der Waals surface area contributed by atoms with Gasteiger partial charge in [0.25, 0.3) is 0 Å². The summed E-state index contributed by atoms with van der Waals surface area (Å²) in [5, 5.41) is 2.84. The number of nitrogens with two attached hydrogens (primary N) is 1. The van der Waals surface area contributed by atoms with Crippen LogP contribution in [-0.4, -0.2) is 40.8 Å². The van der Waals surface area contributed by atoms with Crippen LogP contribution in [0.2, 0.25) is 0 Å². The van der Waals surface area contributed by atoms with Crippen molar-refractivity contribution < 1.29 is 9.59 Å². The normalized spacial score (nSPS) is 19.3. The first-order chi connectivity index (χ1) is 11.0. The van der Waals surface area contributed by atoms with E-state index in [1.165, 1.54) is 0 Å². The number of hydrogen-bond donors (Lipinski definition) is 2. The summed E-state index contributed by atoms with van der Waals surface area (Å²) in [6, 6.07) is 3.73. The molecular weight excluding hydrogens is 292 g/mol. The molecule has 0 bridgehead atoms. The second-order valence-corrected chi connectivity index (χ2v) is 6.40. The van der Waals surface area contributed by atoms with Crippen molar-refractivity contribution in [2.75, 3.05) is 18.4 Å². The van der Waals surface area contributed by atoms with Gasteiger partial charge in [0.15, 0.2) is 0 Å². The van der Waals surface area contributed by atoms with Gasteiger partial charge in [-0.05, 0) is 44.7 Å². The van der Waals surface area contributed by atoms with Gasteiger partial charge < -0.3 is 16.0 Å². The fraction of sp³-hybridized carbons (Fsp3) is 0.588. The van der Waals surface area contributed by atoms with Crippen molar-refractivity contribution in [3.05, 3.63) is 23.9 Å². The molecular formula is C17H26N4O2. The highest BCUT2D eigenvalue weighted by Crippen LogP contribution is 2.19. The third kappa shape index (κ3) is 5.32. The molecule has 0 aromatic carbocycles. The molecule has 2 unspecified atom stereocenters. The molecule has 6 heteroatoms. The fourth-order valence-electron chi connectivity index (χ4n) is 2.70. The molecule has 126 valence electrons. The zero-order valence-electron chi connectivity index (χ0n) is 13.9. The largest absolute Gasteiger partial charge is 0.342 e. The van der Waals surface area contributed by atoms with Gasteiger partial charge in [-0.3, -0.25) is 9.59 Å². The highest BCUT2D eigenvalue weighted by molar-refractivity contribution is 5.92. The van der Waals surface area contributed by atoms with Crippen LogP contribution in [0.15, 0.2) is 18.3 Å². The van der Waals surface area contributed by atoms with E-state index in [0.717, 1.165) is 24.9 Å². The molecule has 6 nitrogen and oxygen atoms in total. The lowest BCUT2D eigenvalue weighted by atomic mass is 9.96. The number of hydrogen-bond acceptors (Lipinski definition) is 4. The summed E-state index contributed by atoms with van der Waals surface area (Å²) in [5.74, 6) is 0.409. The van der Waals surface area contributed by atoms with E-state index in [9.17, 15) is 9.59 Å². The molecule has 1 aliphatic heterocycles. The van der Waals surface area contributed by atoms with Crippen LogP contribution in [0.5, 0.6) is 0 Å². The maximum atomic E-state index is 12.4. The van der Waals surface area contributed by atoms with E-state index in [1.807, 2.05) is 19.9 Å². The Morgan fingerprint density at radius 1 is 1.48 bits per heavy atom. The molecule has 0 saturated carbocycles. The first-order valence-electron chi connectivity index (χ1n) is 8.22. The molecule has 23 heavy (non-hydrogen) atoms. The van der Waals surface area contributed by atoms with Gasteiger partial charge in [0.1, 0.15) is 5.82 Å². The molecule has 1 fully saturated rings. The van der Waals surface area contributed by atoms with Crippen LogP contribution in [-0.2, 0) is 9.59 Å². The van der Waals surface area contributed by atoms with E-state index in [-0.39, 0.29) is 23.8 Å². The van der Waals surface area contributed by atoms with Crippen LogP contribution in [0.4, 0.5) is 5.82 Å². The Bertz CT molecular complexity index is 542. The number of pyridine rings is 1. The lowest BCUT2D eigenvalue weighted by molar-refractivity contribution is -0.134. The van der Waals surface area contributed by atoms with Crippen LogP contribution >= 0.6 is 0 Å². The average molecular weight is 318 g/mol. The van der Waals surface area contributed by atoms with Crippen LogP contribution in [0, 0.1) is 12.8 Å². The standard InChI is InChI=1S/C17H26N4O2/c1-12-5-7-15(19-10-12)20-17(23)14-4-3-9-21(11-14)16(22)8-6-13(2)18/h5,7,10,13-14H,3-4,6,8-9,11,18H2,1-2H3,(H,19,20,23). The van der Waals surface area contributed by atoms with Gasteiger partial charge in [0.05, 0.1) is 5.92 Å². The zero-order chi connectivity index (χ0) is 16.8. The summed E-state index contributed by atoms with van der Waals surface area (Å²) >= 11 is 0. The van der Waals surface area contributed by atoms with Crippen LogP contribution < -0.4 is 11.1 Å². The summed E-state index contributed by atoms with van der Waals surface area (Å²) in [6.45, 7) is 5.06. The van der Waals surface area contributed by atoms with E-state index >= 15 is 0 Å². The number of carbonyl (C=O) groups excluding carboxylic acids is 2. The lowest BCUT2D eigenvalue weighted by Crippen LogP contribution is -2.44. The van der Waals surface area contributed by atoms with E-state index in [1.54, 1.807) is 17.2 Å². The SMILES string of the molecule is Cc1ccc(NC(=O)C2CCCN(C(=O)CCC(C)N)C2)nc1. The first-order valence-corrected chi connectivity index (χ1v) is 8.22. The van der Waals surface area contributed by atoms with E-state index in [0.29, 0.717) is 25.2 Å². The monoisotopic (exact) mass is 318 g/mol. The Kier molecular flexibility index (Phi) is 6.10. The highest BCUT2D eigenvalue weighted by atomic mass is 16.2. The second kappa shape index (κ2) is 8.06. The molecule has 2 amide bonds. The summed E-state index contributed by atoms with van der Waals surface area (Å²) < 4.78 is 0. The van der Waals surface area contributed by atoms with E-state index < -0.39 is 0 Å². The summed E-state index contributed by atoms with van der Waals surface area (Å²) in [5.41, 5.74) is 6.75. The van der Waals surface area contributed by atoms with Crippen LogP contribution in [0.25, 0.3) is 0 Å². The number of nitrogens with one attached hydrogen (secondary N) is 1. The number of aromatic nitrogens is 1. The first kappa shape index (κ1) is 17.4. The molecule has 1 aromatic rings. The Morgan fingerprint density at radius 2 is 2.26 bits per heavy atom. The molecule has 0 aliphatic carbocycles. The maximum Gasteiger partial charge on any atom is 0.230 e. The Morgan fingerprint density at radius 3 is 2.91 bits per heavy atom.